The first-order valence-electron chi connectivity index (χ1n) is 20.8. The van der Waals surface area contributed by atoms with Crippen LogP contribution in [0.15, 0.2) is 34.5 Å². The molecule has 2 aromatic rings. The number of aromatic nitrogens is 1. The normalized spacial score (nSPS) is 23.8. The molecular weight excluding hydrogens is 845 g/mol. The zero-order valence-electron chi connectivity index (χ0n) is 35.4. The average molecular weight is 903 g/mol. The Labute approximate surface area is 367 Å². The number of carboxylic acids is 1. The van der Waals surface area contributed by atoms with Crippen LogP contribution in [-0.2, 0) is 44.8 Å². The Morgan fingerprint density at radius 3 is 2.37 bits per heavy atom. The summed E-state index contributed by atoms with van der Waals surface area (Å²) in [6.07, 6.45) is -1.27. The van der Waals surface area contributed by atoms with Crippen LogP contribution in [-0.4, -0.2) is 153 Å². The fourth-order valence-electron chi connectivity index (χ4n) is 7.31. The van der Waals surface area contributed by atoms with E-state index in [1.807, 2.05) is 0 Å². The molecule has 1 saturated heterocycles. The molecule has 12 N–H and O–H groups in total. The lowest BCUT2D eigenvalue weighted by Crippen LogP contribution is -2.57. The number of rotatable bonds is 14. The maximum Gasteiger partial charge on any atom is 0.326 e. The number of para-hydroxylation sites is 1. The van der Waals surface area contributed by atoms with E-state index >= 15 is 0 Å². The Balaban J connectivity index is 1.71. The molecule has 63 heavy (non-hydrogen) atoms. The molecule has 3 heterocycles. The van der Waals surface area contributed by atoms with Gasteiger partial charge in [-0.3, -0.25) is 33.6 Å². The first kappa shape index (κ1) is 50.0. The van der Waals surface area contributed by atoms with Crippen molar-refractivity contribution >= 4 is 70.0 Å². The summed E-state index contributed by atoms with van der Waals surface area (Å²) in [6, 6.07) is -0.611. The summed E-state index contributed by atoms with van der Waals surface area (Å²) in [7, 11) is 0. The van der Waals surface area contributed by atoms with Crippen molar-refractivity contribution in [1.29, 1.82) is 0 Å². The molecule has 1 aromatic carbocycles. The summed E-state index contributed by atoms with van der Waals surface area (Å²) in [6.45, 7) is 2.96. The number of carbonyl (C=O) groups excluding carboxylic acids is 7. The molecule has 2 aliphatic heterocycles. The highest BCUT2D eigenvalue weighted by molar-refractivity contribution is 7.99. The molecule has 346 valence electrons. The van der Waals surface area contributed by atoms with Crippen molar-refractivity contribution < 1.29 is 53.7 Å². The summed E-state index contributed by atoms with van der Waals surface area (Å²) in [5.41, 5.74) is 7.47. The van der Waals surface area contributed by atoms with Gasteiger partial charge in [0.1, 0.15) is 30.2 Å². The maximum absolute atomic E-state index is 14.0. The molecule has 0 bridgehead atoms. The van der Waals surface area contributed by atoms with Crippen molar-refractivity contribution in [2.75, 3.05) is 38.5 Å². The van der Waals surface area contributed by atoms with Crippen LogP contribution >= 0.6 is 11.8 Å². The van der Waals surface area contributed by atoms with Gasteiger partial charge >= 0.3 is 5.97 Å². The van der Waals surface area contributed by atoms with E-state index < -0.39 is 121 Å². The quantitative estimate of drug-likeness (QED) is 0.0912. The smallest absolute Gasteiger partial charge is 0.326 e. The number of nitroso groups, excluding NO2 is 1. The number of carbonyl (C=O) groups is 8. The average Bonchev–Trinajstić information content (AvgIpc) is 3.83. The fraction of sp³-hybridized carbons (Fsp3) is 0.600. The van der Waals surface area contributed by atoms with Crippen LogP contribution in [0.2, 0.25) is 0 Å². The van der Waals surface area contributed by atoms with Gasteiger partial charge in [0.05, 0.1) is 36.8 Å². The molecule has 1 aromatic heterocycles. The van der Waals surface area contributed by atoms with Crippen LogP contribution in [0.3, 0.4) is 0 Å². The van der Waals surface area contributed by atoms with Crippen molar-refractivity contribution in [3.63, 3.8) is 0 Å². The highest BCUT2D eigenvalue weighted by Gasteiger charge is 2.42. The van der Waals surface area contributed by atoms with Gasteiger partial charge in [0.25, 0.3) is 0 Å². The van der Waals surface area contributed by atoms with Gasteiger partial charge in [0, 0.05) is 42.6 Å². The summed E-state index contributed by atoms with van der Waals surface area (Å²) >= 11 is 1.21. The van der Waals surface area contributed by atoms with Gasteiger partial charge in [-0.05, 0) is 42.7 Å². The van der Waals surface area contributed by atoms with Crippen molar-refractivity contribution in [3.05, 3.63) is 34.7 Å². The van der Waals surface area contributed by atoms with Crippen LogP contribution in [0.25, 0.3) is 10.9 Å². The first-order chi connectivity index (χ1) is 30.0. The summed E-state index contributed by atoms with van der Waals surface area (Å²) in [4.78, 5) is 122. The summed E-state index contributed by atoms with van der Waals surface area (Å²) in [5, 5.41) is 48.8. The predicted molar refractivity (Wildman–Crippen MR) is 228 cm³/mol. The number of fused-ring (bicyclic) bond motifs is 3. The molecule has 0 unspecified atom stereocenters. The number of hydrogen-bond donors (Lipinski definition) is 11. The Kier molecular flexibility index (Phi) is 18.8. The standard InChI is InChI=1S/C40H58N10O12S/c1-4-20(2)33-37(58)43-17-30(53)45-26(35(56)46-27(9-12-44-62)39(59)50-19-22(52)15-29(50)40(60)61)11-14-63-38-24(23-7-5-6-8-25(23)48-38)16-28(34(55)42-18-31(54)49-33)47-36(57)32(41)21(3)10-13-51/h5-8,20-22,26-29,32-33,48,51-52H,4,9-19,41H2,1-3H3,(H,42,55)(H,43,58)(H,45,53)(H,46,56)(H,47,57)(H,49,54)(H,60,61)/t20-,21-,22+,26-,27-,28-,29-,32-,33-/m0/s1. The number of nitrogens with zero attached hydrogens (tertiary/aromatic N) is 2. The minimum Gasteiger partial charge on any atom is -0.480 e. The van der Waals surface area contributed by atoms with E-state index in [1.165, 1.54) is 11.8 Å². The second-order valence-electron chi connectivity index (χ2n) is 15.8. The number of carboxylic acid groups (broad SMARTS) is 1. The number of β-amino-alcohol motifs (C(OH)–C–C–N with tert-alkyl or cyclic N) is 1. The molecule has 7 amide bonds. The highest BCUT2D eigenvalue weighted by Crippen LogP contribution is 2.32. The number of thioether (sulfide) groups is 1. The van der Waals surface area contributed by atoms with Gasteiger partial charge in [-0.25, -0.2) is 4.79 Å². The SMILES string of the molecule is CC[C@H](C)[C@@H]1NC(=O)CNC(=O)[C@@H](NC(=O)[C@@H](N)[C@@H](C)CCO)Cc2c([nH]c3ccccc23)SCC[C@@H](C(=O)N[C@@H](CCN=O)C(=O)N2C[C@H](O)C[C@H]2C(=O)O)NC(=O)CNC1=O. The van der Waals surface area contributed by atoms with Gasteiger partial charge in [0.15, 0.2) is 0 Å². The van der Waals surface area contributed by atoms with Gasteiger partial charge in [-0.2, -0.15) is 4.91 Å². The Morgan fingerprint density at radius 2 is 1.70 bits per heavy atom. The summed E-state index contributed by atoms with van der Waals surface area (Å²) in [5.74, 6) is -7.62. The third-order valence-corrected chi connectivity index (χ3v) is 12.3. The lowest BCUT2D eigenvalue weighted by atomic mass is 9.97. The molecule has 0 saturated carbocycles. The number of aliphatic hydroxyl groups excluding tert-OH is 2. The number of benzene rings is 1. The molecule has 23 heteroatoms. The van der Waals surface area contributed by atoms with Crippen molar-refractivity contribution in [2.45, 2.75) is 107 Å². The number of nitrogens with two attached hydrogens (primary N) is 1. The highest BCUT2D eigenvalue weighted by atomic mass is 32.2. The Hall–Kier alpha value is -5.65. The number of aliphatic carboxylic acids is 1. The largest absolute Gasteiger partial charge is 0.480 e. The number of hydrogen-bond acceptors (Lipinski definition) is 14. The molecule has 0 aliphatic carbocycles. The van der Waals surface area contributed by atoms with Crippen molar-refractivity contribution in [2.24, 2.45) is 22.7 Å². The second-order valence-corrected chi connectivity index (χ2v) is 16.9. The van der Waals surface area contributed by atoms with E-state index in [9.17, 15) is 58.6 Å². The van der Waals surface area contributed by atoms with Crippen LogP contribution in [0, 0.1) is 16.7 Å². The molecule has 0 spiro atoms. The molecule has 2 aliphatic rings. The van der Waals surface area contributed by atoms with Crippen molar-refractivity contribution in [1.82, 2.24) is 41.8 Å². The van der Waals surface area contributed by atoms with Gasteiger partial charge in [-0.1, -0.05) is 50.6 Å². The maximum atomic E-state index is 14.0. The Morgan fingerprint density at radius 1 is 1.02 bits per heavy atom. The lowest BCUT2D eigenvalue weighted by Gasteiger charge is -2.28. The number of H-pyrrole nitrogens is 1. The molecule has 9 atom stereocenters. The predicted octanol–water partition coefficient (Wildman–Crippen LogP) is -2.03. The van der Waals surface area contributed by atoms with E-state index in [-0.39, 0.29) is 51.0 Å². The van der Waals surface area contributed by atoms with Gasteiger partial charge < -0.3 is 62.8 Å². The van der Waals surface area contributed by atoms with E-state index in [0.717, 1.165) is 4.90 Å². The second kappa shape index (κ2) is 23.7. The van der Waals surface area contributed by atoms with Gasteiger partial charge in [-0.15, -0.1) is 11.8 Å². The van der Waals surface area contributed by atoms with Crippen LogP contribution in [0.5, 0.6) is 0 Å². The van der Waals surface area contributed by atoms with E-state index in [4.69, 9.17) is 5.73 Å². The number of amides is 7. The molecular formula is C40H58N10O12S. The molecule has 22 nitrogen and oxygen atoms in total. The molecule has 1 fully saturated rings. The number of aliphatic hydroxyl groups is 2. The zero-order valence-corrected chi connectivity index (χ0v) is 36.2. The zero-order chi connectivity index (χ0) is 46.4. The fourth-order valence-corrected chi connectivity index (χ4v) is 8.42. The third kappa shape index (κ3) is 13.7. The van der Waals surface area contributed by atoms with E-state index in [2.05, 4.69) is 42.1 Å². The number of likely N-dealkylation sites (tertiary alicyclic amines) is 1. The van der Waals surface area contributed by atoms with Crippen LogP contribution in [0.4, 0.5) is 0 Å². The first-order valence-corrected chi connectivity index (χ1v) is 21.8. The van der Waals surface area contributed by atoms with Crippen molar-refractivity contribution in [3.8, 4) is 0 Å². The lowest BCUT2D eigenvalue weighted by molar-refractivity contribution is -0.149. The summed E-state index contributed by atoms with van der Waals surface area (Å²) < 4.78 is 0. The number of nitrogens with one attached hydrogen (secondary N) is 7. The third-order valence-electron chi connectivity index (χ3n) is 11.2. The van der Waals surface area contributed by atoms with Gasteiger partial charge in [0.2, 0.25) is 41.4 Å². The number of aromatic amines is 1. The van der Waals surface area contributed by atoms with E-state index in [0.29, 0.717) is 27.9 Å². The molecule has 4 rings (SSSR count). The molecule has 0 radical (unpaired) electrons. The topological polar surface area (TPSA) is 344 Å². The Bertz CT molecular complexity index is 2000. The van der Waals surface area contributed by atoms with Crippen LogP contribution in [0.1, 0.15) is 58.4 Å². The minimum absolute atomic E-state index is 0.0954. The van der Waals surface area contributed by atoms with E-state index in [1.54, 1.807) is 45.0 Å². The monoisotopic (exact) mass is 902 g/mol. The minimum atomic E-state index is -1.47. The van der Waals surface area contributed by atoms with Crippen LogP contribution < -0.4 is 37.6 Å².